The lowest BCUT2D eigenvalue weighted by Gasteiger charge is -2.11. The Morgan fingerprint density at radius 3 is 3.05 bits per heavy atom. The van der Waals surface area contributed by atoms with Crippen LogP contribution in [0.25, 0.3) is 6.08 Å². The lowest BCUT2D eigenvalue weighted by Crippen LogP contribution is -2.28. The fraction of sp³-hybridized carbons (Fsp3) is 0.154. The molecule has 0 aliphatic carbocycles. The minimum absolute atomic E-state index is 0.211. The van der Waals surface area contributed by atoms with Crippen molar-refractivity contribution < 1.29 is 14.3 Å². The molecule has 2 N–H and O–H groups in total. The van der Waals surface area contributed by atoms with E-state index in [1.165, 1.54) is 12.3 Å². The zero-order chi connectivity index (χ0) is 13.7. The van der Waals surface area contributed by atoms with E-state index in [9.17, 15) is 9.90 Å². The monoisotopic (exact) mass is 341 g/mol. The minimum Gasteiger partial charge on any atom is -0.467 e. The molecule has 0 fully saturated rings. The molecule has 0 saturated heterocycles. The summed E-state index contributed by atoms with van der Waals surface area (Å²) in [7, 11) is 0. The van der Waals surface area contributed by atoms with Crippen molar-refractivity contribution in [1.29, 1.82) is 0 Å². The van der Waals surface area contributed by atoms with Gasteiger partial charge in [0.2, 0.25) is 5.91 Å². The molecule has 0 aliphatic heterocycles. The highest BCUT2D eigenvalue weighted by atomic mass is 79.9. The van der Waals surface area contributed by atoms with Crippen molar-refractivity contribution in [2.45, 2.75) is 6.04 Å². The third-order valence-corrected chi connectivity index (χ3v) is 3.92. The number of carbonyl (C=O) groups is 1. The number of rotatable bonds is 5. The van der Waals surface area contributed by atoms with Gasteiger partial charge in [0, 0.05) is 6.08 Å². The smallest absolute Gasteiger partial charge is 0.244 e. The number of furan rings is 1. The Kier molecular flexibility index (Phi) is 4.95. The first-order valence-electron chi connectivity index (χ1n) is 5.56. The van der Waals surface area contributed by atoms with Crippen molar-refractivity contribution in [2.24, 2.45) is 0 Å². The van der Waals surface area contributed by atoms with Crippen molar-refractivity contribution in [2.75, 3.05) is 6.61 Å². The molecule has 0 spiro atoms. The van der Waals surface area contributed by atoms with Crippen molar-refractivity contribution in [3.63, 3.8) is 0 Å². The van der Waals surface area contributed by atoms with E-state index in [1.54, 1.807) is 29.5 Å². The number of aliphatic hydroxyl groups excluding tert-OH is 1. The molecule has 0 aliphatic rings. The van der Waals surface area contributed by atoms with Crippen LogP contribution < -0.4 is 5.32 Å². The Morgan fingerprint density at radius 1 is 1.63 bits per heavy atom. The molecule has 0 bridgehead atoms. The average Bonchev–Trinajstić information content (AvgIpc) is 3.05. The van der Waals surface area contributed by atoms with Gasteiger partial charge in [-0.05, 0) is 51.1 Å². The molecule has 0 aromatic carbocycles. The third kappa shape index (κ3) is 4.05. The molecule has 0 radical (unpaired) electrons. The van der Waals surface area contributed by atoms with Gasteiger partial charge in [-0.25, -0.2) is 0 Å². The standard InChI is InChI=1S/C13H12BrNO3S/c14-12-6-9(8-19-12)3-4-13(17)15-10(7-16)11-2-1-5-18-11/h1-6,8,10,16H,7H2,(H,15,17)/b4-3+. The predicted molar refractivity (Wildman–Crippen MR) is 77.7 cm³/mol. The fourth-order valence-electron chi connectivity index (χ4n) is 1.50. The van der Waals surface area contributed by atoms with Gasteiger partial charge in [-0.2, -0.15) is 0 Å². The van der Waals surface area contributed by atoms with Crippen LogP contribution in [-0.4, -0.2) is 17.6 Å². The molecular formula is C13H12BrNO3S. The molecule has 1 atom stereocenters. The number of thiophene rings is 1. The maximum absolute atomic E-state index is 11.7. The highest BCUT2D eigenvalue weighted by molar-refractivity contribution is 9.11. The Morgan fingerprint density at radius 2 is 2.47 bits per heavy atom. The van der Waals surface area contributed by atoms with Gasteiger partial charge >= 0.3 is 0 Å². The van der Waals surface area contributed by atoms with E-state index in [1.807, 2.05) is 11.4 Å². The van der Waals surface area contributed by atoms with E-state index < -0.39 is 6.04 Å². The summed E-state index contributed by atoms with van der Waals surface area (Å²) in [5.41, 5.74) is 0.950. The Labute approximate surface area is 122 Å². The van der Waals surface area contributed by atoms with Crippen LogP contribution in [0.15, 0.2) is 44.1 Å². The summed E-state index contributed by atoms with van der Waals surface area (Å²) < 4.78 is 6.16. The number of nitrogens with one attached hydrogen (secondary N) is 1. The first-order valence-corrected chi connectivity index (χ1v) is 7.23. The highest BCUT2D eigenvalue weighted by Crippen LogP contribution is 2.21. The Balaban J connectivity index is 1.95. The molecule has 6 heteroatoms. The molecule has 2 aromatic heterocycles. The summed E-state index contributed by atoms with van der Waals surface area (Å²) >= 11 is 4.91. The van der Waals surface area contributed by atoms with Crippen molar-refractivity contribution in [3.8, 4) is 0 Å². The lowest BCUT2D eigenvalue weighted by atomic mass is 10.2. The van der Waals surface area contributed by atoms with Gasteiger partial charge in [0.05, 0.1) is 16.7 Å². The number of hydrogen-bond donors (Lipinski definition) is 2. The zero-order valence-corrected chi connectivity index (χ0v) is 12.3. The second-order valence-corrected chi connectivity index (χ2v) is 6.07. The second kappa shape index (κ2) is 6.70. The maximum Gasteiger partial charge on any atom is 0.244 e. The van der Waals surface area contributed by atoms with E-state index in [2.05, 4.69) is 21.2 Å². The van der Waals surface area contributed by atoms with Crippen LogP contribution in [0.3, 0.4) is 0 Å². The van der Waals surface area contributed by atoms with Crippen molar-refractivity contribution in [3.05, 3.63) is 51.0 Å². The van der Waals surface area contributed by atoms with E-state index in [0.717, 1.165) is 9.35 Å². The minimum atomic E-state index is -0.527. The molecular weight excluding hydrogens is 330 g/mol. The van der Waals surface area contributed by atoms with Crippen molar-refractivity contribution in [1.82, 2.24) is 5.32 Å². The van der Waals surface area contributed by atoms with Crippen LogP contribution >= 0.6 is 27.3 Å². The van der Waals surface area contributed by atoms with E-state index in [-0.39, 0.29) is 12.5 Å². The highest BCUT2D eigenvalue weighted by Gasteiger charge is 2.14. The van der Waals surface area contributed by atoms with Crippen LogP contribution in [0.5, 0.6) is 0 Å². The Bertz CT molecular complexity index is 562. The van der Waals surface area contributed by atoms with Crippen LogP contribution in [-0.2, 0) is 4.79 Å². The molecule has 2 heterocycles. The number of halogens is 1. The van der Waals surface area contributed by atoms with Crippen molar-refractivity contribution >= 4 is 39.2 Å². The van der Waals surface area contributed by atoms with Gasteiger partial charge < -0.3 is 14.8 Å². The van der Waals surface area contributed by atoms with E-state index >= 15 is 0 Å². The molecule has 1 amide bonds. The van der Waals surface area contributed by atoms with Crippen LogP contribution in [0.4, 0.5) is 0 Å². The van der Waals surface area contributed by atoms with E-state index in [0.29, 0.717) is 5.76 Å². The van der Waals surface area contributed by atoms with Crippen LogP contribution in [0.1, 0.15) is 17.4 Å². The van der Waals surface area contributed by atoms with Gasteiger partial charge in [0.1, 0.15) is 11.8 Å². The van der Waals surface area contributed by atoms with Crippen LogP contribution in [0, 0.1) is 0 Å². The van der Waals surface area contributed by atoms with Gasteiger partial charge in [-0.3, -0.25) is 4.79 Å². The summed E-state index contributed by atoms with van der Waals surface area (Å²) in [5, 5.41) is 13.8. The quantitative estimate of drug-likeness (QED) is 0.822. The lowest BCUT2D eigenvalue weighted by molar-refractivity contribution is -0.117. The fourth-order valence-corrected chi connectivity index (χ4v) is 2.64. The van der Waals surface area contributed by atoms with Crippen LogP contribution in [0.2, 0.25) is 0 Å². The summed E-state index contributed by atoms with van der Waals surface area (Å²) in [6.45, 7) is -0.211. The SMILES string of the molecule is O=C(/C=C/c1csc(Br)c1)NC(CO)c1ccco1. The first kappa shape index (κ1) is 14.0. The molecule has 19 heavy (non-hydrogen) atoms. The molecule has 1 unspecified atom stereocenters. The molecule has 4 nitrogen and oxygen atoms in total. The summed E-state index contributed by atoms with van der Waals surface area (Å²) in [5.74, 6) is 0.250. The van der Waals surface area contributed by atoms with Gasteiger partial charge in [-0.15, -0.1) is 11.3 Å². The maximum atomic E-state index is 11.7. The number of amides is 1. The zero-order valence-electron chi connectivity index (χ0n) is 9.88. The summed E-state index contributed by atoms with van der Waals surface area (Å²) in [6, 6.07) is 4.81. The van der Waals surface area contributed by atoms with Gasteiger partial charge in [-0.1, -0.05) is 0 Å². The number of hydrogen-bond acceptors (Lipinski definition) is 4. The van der Waals surface area contributed by atoms with E-state index in [4.69, 9.17) is 4.42 Å². The largest absolute Gasteiger partial charge is 0.467 e. The predicted octanol–water partition coefficient (Wildman–Crippen LogP) is 2.97. The first-order chi connectivity index (χ1) is 9.19. The molecule has 2 rings (SSSR count). The third-order valence-electron chi connectivity index (χ3n) is 2.40. The molecule has 100 valence electrons. The summed E-state index contributed by atoms with van der Waals surface area (Å²) in [6.07, 6.45) is 4.65. The average molecular weight is 342 g/mol. The topological polar surface area (TPSA) is 62.5 Å². The Hall–Kier alpha value is -1.37. The number of carbonyl (C=O) groups excluding carboxylic acids is 1. The van der Waals surface area contributed by atoms with Gasteiger partial charge in [0.15, 0.2) is 0 Å². The molecule has 0 saturated carbocycles. The normalized spacial score (nSPS) is 12.7. The van der Waals surface area contributed by atoms with Gasteiger partial charge in [0.25, 0.3) is 0 Å². The second-order valence-electron chi connectivity index (χ2n) is 3.78. The molecule has 2 aromatic rings. The number of aliphatic hydroxyl groups is 1. The summed E-state index contributed by atoms with van der Waals surface area (Å²) in [4.78, 5) is 11.7.